The molecule has 0 radical (unpaired) electrons. The van der Waals surface area contributed by atoms with E-state index in [0.29, 0.717) is 18.0 Å². The molecule has 170 valence electrons. The number of rotatable bonds is 4. The van der Waals surface area contributed by atoms with Gasteiger partial charge < -0.3 is 14.4 Å². The zero-order chi connectivity index (χ0) is 23.2. The zero-order valence-electron chi connectivity index (χ0n) is 19.4. The number of hydrogen-bond donors (Lipinski definition) is 0. The normalized spacial score (nSPS) is 16.6. The van der Waals surface area contributed by atoms with Gasteiger partial charge in [0.15, 0.2) is 5.82 Å². The highest BCUT2D eigenvalue weighted by Crippen LogP contribution is 2.34. The predicted molar refractivity (Wildman–Crippen MR) is 131 cm³/mol. The fourth-order valence-corrected chi connectivity index (χ4v) is 5.17. The molecule has 3 aromatic heterocycles. The Morgan fingerprint density at radius 3 is 2.76 bits per heavy atom. The van der Waals surface area contributed by atoms with Gasteiger partial charge >= 0.3 is 0 Å². The number of anilines is 1. The minimum atomic E-state index is 0.657. The van der Waals surface area contributed by atoms with E-state index in [9.17, 15) is 0 Å². The highest BCUT2D eigenvalue weighted by molar-refractivity contribution is 5.71. The zero-order valence-corrected chi connectivity index (χ0v) is 19.4. The Bertz CT molecular complexity index is 1390. The molecule has 0 spiro atoms. The van der Waals surface area contributed by atoms with E-state index < -0.39 is 0 Å². The van der Waals surface area contributed by atoms with Gasteiger partial charge in [-0.05, 0) is 62.3 Å². The van der Waals surface area contributed by atoms with E-state index in [2.05, 4.69) is 69.1 Å². The number of aromatic nitrogens is 5. The SMILES string of the molecule is CN(C)C[C@H]1CCN(c2ccc3c(n2)Cn2cc(-c4ccc(C#N)cc4)cc2-c2nncn2-3)C1. The Kier molecular flexibility index (Phi) is 4.93. The molecule has 0 bridgehead atoms. The van der Waals surface area contributed by atoms with Gasteiger partial charge in [-0.25, -0.2) is 4.98 Å². The number of nitrogens with zero attached hydrogens (tertiary/aromatic N) is 8. The molecule has 4 aromatic rings. The van der Waals surface area contributed by atoms with Crippen molar-refractivity contribution in [2.24, 2.45) is 5.92 Å². The molecule has 6 rings (SSSR count). The molecule has 1 atom stereocenters. The van der Waals surface area contributed by atoms with E-state index in [-0.39, 0.29) is 0 Å². The Hall–Kier alpha value is -3.96. The van der Waals surface area contributed by atoms with Crippen molar-refractivity contribution >= 4 is 5.82 Å². The van der Waals surface area contributed by atoms with Crippen LogP contribution in [0.5, 0.6) is 0 Å². The van der Waals surface area contributed by atoms with Gasteiger partial charge in [0.25, 0.3) is 0 Å². The van der Waals surface area contributed by atoms with Crippen LogP contribution in [0.15, 0.2) is 55.0 Å². The van der Waals surface area contributed by atoms with Crippen molar-refractivity contribution in [3.8, 4) is 34.4 Å². The van der Waals surface area contributed by atoms with Crippen molar-refractivity contribution in [2.45, 2.75) is 13.0 Å². The minimum Gasteiger partial charge on any atom is -0.356 e. The maximum absolute atomic E-state index is 9.11. The number of nitriles is 1. The Labute approximate surface area is 198 Å². The molecule has 0 N–H and O–H groups in total. The lowest BCUT2D eigenvalue weighted by atomic mass is 10.1. The predicted octanol–water partition coefficient (Wildman–Crippen LogP) is 3.42. The fraction of sp³-hybridized carbons (Fsp3) is 0.308. The molecule has 34 heavy (non-hydrogen) atoms. The summed E-state index contributed by atoms with van der Waals surface area (Å²) >= 11 is 0. The van der Waals surface area contributed by atoms with Crippen LogP contribution in [0.3, 0.4) is 0 Å². The summed E-state index contributed by atoms with van der Waals surface area (Å²) in [6.07, 6.45) is 5.10. The summed E-state index contributed by atoms with van der Waals surface area (Å²) in [5, 5.41) is 17.8. The van der Waals surface area contributed by atoms with Crippen LogP contribution < -0.4 is 4.90 Å². The molecule has 1 aromatic carbocycles. The van der Waals surface area contributed by atoms with Crippen LogP contribution in [0.1, 0.15) is 17.7 Å². The summed E-state index contributed by atoms with van der Waals surface area (Å²) in [6.45, 7) is 3.85. The molecule has 0 unspecified atom stereocenters. The molecule has 5 heterocycles. The quantitative estimate of drug-likeness (QED) is 0.418. The molecule has 8 nitrogen and oxygen atoms in total. The third-order valence-electron chi connectivity index (χ3n) is 6.77. The summed E-state index contributed by atoms with van der Waals surface area (Å²) in [6, 6.07) is 16.3. The highest BCUT2D eigenvalue weighted by Gasteiger charge is 2.27. The maximum Gasteiger partial charge on any atom is 0.185 e. The van der Waals surface area contributed by atoms with E-state index in [4.69, 9.17) is 10.2 Å². The van der Waals surface area contributed by atoms with Crippen molar-refractivity contribution < 1.29 is 0 Å². The topological polar surface area (TPSA) is 78.8 Å². The van der Waals surface area contributed by atoms with Gasteiger partial charge in [0, 0.05) is 31.4 Å². The number of hydrogen-bond acceptors (Lipinski definition) is 6. The molecule has 0 saturated carbocycles. The second-order valence-corrected chi connectivity index (χ2v) is 9.45. The lowest BCUT2D eigenvalue weighted by Gasteiger charge is -2.20. The average molecular weight is 451 g/mol. The summed E-state index contributed by atoms with van der Waals surface area (Å²) in [5.74, 6) is 2.52. The van der Waals surface area contributed by atoms with Gasteiger partial charge in [0.2, 0.25) is 0 Å². The van der Waals surface area contributed by atoms with Crippen LogP contribution >= 0.6 is 0 Å². The smallest absolute Gasteiger partial charge is 0.185 e. The first-order chi connectivity index (χ1) is 16.6. The third kappa shape index (κ3) is 3.55. The van der Waals surface area contributed by atoms with Crippen molar-refractivity contribution in [1.29, 1.82) is 5.26 Å². The van der Waals surface area contributed by atoms with Crippen molar-refractivity contribution in [3.63, 3.8) is 0 Å². The maximum atomic E-state index is 9.11. The molecular formula is C26H26N8. The first-order valence-electron chi connectivity index (χ1n) is 11.6. The monoisotopic (exact) mass is 450 g/mol. The Balaban J connectivity index is 1.36. The van der Waals surface area contributed by atoms with Gasteiger partial charge in [0.1, 0.15) is 12.1 Å². The second kappa shape index (κ2) is 8.12. The van der Waals surface area contributed by atoms with Crippen LogP contribution in [0.25, 0.3) is 28.3 Å². The van der Waals surface area contributed by atoms with Crippen LogP contribution in [0.2, 0.25) is 0 Å². The third-order valence-corrected chi connectivity index (χ3v) is 6.77. The lowest BCUT2D eigenvalue weighted by molar-refractivity contribution is 0.340. The Morgan fingerprint density at radius 1 is 1.12 bits per heavy atom. The van der Waals surface area contributed by atoms with Gasteiger partial charge in [-0.2, -0.15) is 5.26 Å². The lowest BCUT2D eigenvalue weighted by Crippen LogP contribution is -2.26. The highest BCUT2D eigenvalue weighted by atomic mass is 15.3. The van der Waals surface area contributed by atoms with Crippen LogP contribution in [-0.4, -0.2) is 62.9 Å². The van der Waals surface area contributed by atoms with Gasteiger partial charge in [0.05, 0.1) is 35.3 Å². The molecule has 2 aliphatic heterocycles. The van der Waals surface area contributed by atoms with Crippen LogP contribution in [-0.2, 0) is 6.54 Å². The van der Waals surface area contributed by atoms with Crippen molar-refractivity contribution in [2.75, 3.05) is 38.6 Å². The number of benzene rings is 1. The van der Waals surface area contributed by atoms with Crippen LogP contribution in [0.4, 0.5) is 5.82 Å². The van der Waals surface area contributed by atoms with Crippen LogP contribution in [0, 0.1) is 17.2 Å². The number of pyridine rings is 1. The minimum absolute atomic E-state index is 0.657. The largest absolute Gasteiger partial charge is 0.356 e. The van der Waals surface area contributed by atoms with Crippen molar-refractivity contribution in [3.05, 3.63) is 66.2 Å². The average Bonchev–Trinajstić information content (AvgIpc) is 3.57. The van der Waals surface area contributed by atoms with E-state index in [1.54, 1.807) is 6.33 Å². The first kappa shape index (κ1) is 20.6. The molecule has 1 saturated heterocycles. The summed E-state index contributed by atoms with van der Waals surface area (Å²) in [7, 11) is 4.28. The summed E-state index contributed by atoms with van der Waals surface area (Å²) in [5.41, 5.74) is 5.84. The van der Waals surface area contributed by atoms with E-state index in [1.165, 1.54) is 6.42 Å². The second-order valence-electron chi connectivity index (χ2n) is 9.45. The molecule has 0 aliphatic carbocycles. The Morgan fingerprint density at radius 2 is 1.97 bits per heavy atom. The molecule has 0 amide bonds. The summed E-state index contributed by atoms with van der Waals surface area (Å²) in [4.78, 5) is 9.81. The van der Waals surface area contributed by atoms with E-state index in [0.717, 1.165) is 59.5 Å². The van der Waals surface area contributed by atoms with Gasteiger partial charge in [-0.1, -0.05) is 12.1 Å². The molecular weight excluding hydrogens is 424 g/mol. The van der Waals surface area contributed by atoms with Crippen molar-refractivity contribution in [1.82, 2.24) is 29.2 Å². The standard InChI is InChI=1S/C26H26N8/c1-31(2)13-19-9-10-32(14-19)25-8-7-23-22(29-25)16-33-15-21(20-5-3-18(12-27)4-6-20)11-24(33)26-30-28-17-34(23)26/h3-8,11,15,17,19H,9-10,13-14,16H2,1-2H3/t19-/m1/s1. The first-order valence-corrected chi connectivity index (χ1v) is 11.6. The van der Waals surface area contributed by atoms with E-state index >= 15 is 0 Å². The van der Waals surface area contributed by atoms with E-state index in [1.807, 2.05) is 28.8 Å². The summed E-state index contributed by atoms with van der Waals surface area (Å²) < 4.78 is 4.24. The molecule has 2 aliphatic rings. The molecule has 8 heteroatoms. The van der Waals surface area contributed by atoms with Gasteiger partial charge in [-0.3, -0.25) is 4.57 Å². The fourth-order valence-electron chi connectivity index (χ4n) is 5.17. The number of fused-ring (bicyclic) bond motifs is 5. The van der Waals surface area contributed by atoms with Gasteiger partial charge in [-0.15, -0.1) is 10.2 Å². The molecule has 1 fully saturated rings.